The Labute approximate surface area is 153 Å². The molecule has 3 rings (SSSR count). The highest BCUT2D eigenvalue weighted by atomic mass is 16.1. The molecule has 3 heterocycles. The van der Waals surface area contributed by atoms with Crippen LogP contribution in [0.5, 0.6) is 0 Å². The minimum absolute atomic E-state index is 0.00762. The molecule has 138 valence electrons. The van der Waals surface area contributed by atoms with Gasteiger partial charge < -0.3 is 14.8 Å². The van der Waals surface area contributed by atoms with Gasteiger partial charge in [0.25, 0.3) is 0 Å². The van der Waals surface area contributed by atoms with E-state index in [0.717, 1.165) is 43.4 Å². The van der Waals surface area contributed by atoms with Gasteiger partial charge in [0.2, 0.25) is 11.7 Å². The van der Waals surface area contributed by atoms with Gasteiger partial charge in [-0.25, -0.2) is 9.97 Å². The molecule has 1 aliphatic heterocycles. The number of ketones is 2. The summed E-state index contributed by atoms with van der Waals surface area (Å²) in [6.07, 6.45) is 3.49. The van der Waals surface area contributed by atoms with Crippen LogP contribution in [0.4, 0.5) is 5.95 Å². The second kappa shape index (κ2) is 7.37. The average Bonchev–Trinajstić information content (AvgIpc) is 2.95. The van der Waals surface area contributed by atoms with Crippen LogP contribution in [0.25, 0.3) is 0 Å². The molecule has 2 aromatic heterocycles. The first-order chi connectivity index (χ1) is 12.4. The molecule has 2 N–H and O–H groups in total. The Hall–Kier alpha value is -2.54. The molecule has 1 aliphatic rings. The Morgan fingerprint density at radius 1 is 1.19 bits per heavy atom. The number of Topliss-reactive ketones (excluding diaryl/α,β-unsaturated/α-hetero) is 2. The minimum atomic E-state index is -0.162. The van der Waals surface area contributed by atoms with Crippen LogP contribution in [-0.2, 0) is 0 Å². The van der Waals surface area contributed by atoms with E-state index < -0.39 is 0 Å². The molecule has 0 unspecified atom stereocenters. The van der Waals surface area contributed by atoms with Crippen molar-refractivity contribution in [1.29, 1.82) is 0 Å². The molecule has 1 fully saturated rings. The summed E-state index contributed by atoms with van der Waals surface area (Å²) in [4.78, 5) is 39.9. The van der Waals surface area contributed by atoms with E-state index in [9.17, 15) is 9.59 Å². The normalized spacial score (nSPS) is 16.5. The first kappa shape index (κ1) is 18.3. The van der Waals surface area contributed by atoms with Crippen molar-refractivity contribution in [2.24, 2.45) is 0 Å². The summed E-state index contributed by atoms with van der Waals surface area (Å²) >= 11 is 0. The predicted molar refractivity (Wildman–Crippen MR) is 99.0 cm³/mol. The van der Waals surface area contributed by atoms with Gasteiger partial charge in [-0.05, 0) is 39.3 Å². The van der Waals surface area contributed by atoms with Crippen LogP contribution in [0.1, 0.15) is 46.0 Å². The van der Waals surface area contributed by atoms with Crippen LogP contribution in [0, 0.1) is 13.8 Å². The first-order valence-electron chi connectivity index (χ1n) is 9.01. The second-order valence-electron chi connectivity index (χ2n) is 6.96. The van der Waals surface area contributed by atoms with Crippen molar-refractivity contribution >= 4 is 17.5 Å². The van der Waals surface area contributed by atoms with Gasteiger partial charge in [0, 0.05) is 23.7 Å². The van der Waals surface area contributed by atoms with Gasteiger partial charge in [0.05, 0.1) is 31.9 Å². The molecule has 2 aromatic rings. The third kappa shape index (κ3) is 3.39. The van der Waals surface area contributed by atoms with E-state index >= 15 is 0 Å². The molecule has 1 atom stereocenters. The molecule has 7 nitrogen and oxygen atoms in total. The van der Waals surface area contributed by atoms with Gasteiger partial charge in [-0.3, -0.25) is 9.59 Å². The number of aromatic nitrogens is 3. The fourth-order valence-corrected chi connectivity index (χ4v) is 3.81. The fraction of sp³-hybridized carbons (Fsp3) is 0.474. The molecule has 0 saturated carbocycles. The Kier molecular flexibility index (Phi) is 5.18. The van der Waals surface area contributed by atoms with E-state index in [1.165, 1.54) is 11.8 Å². The summed E-state index contributed by atoms with van der Waals surface area (Å²) in [5, 5.41) is 0. The Morgan fingerprint density at radius 3 is 2.35 bits per heavy atom. The molecule has 7 heteroatoms. The average molecular weight is 356 g/mol. The number of aryl methyl sites for hydroxylation is 1. The van der Waals surface area contributed by atoms with Crippen LogP contribution in [0.15, 0.2) is 18.5 Å². The lowest BCUT2D eigenvalue weighted by Gasteiger charge is -2.34. The summed E-state index contributed by atoms with van der Waals surface area (Å²) in [6.45, 7) is 10.5. The van der Waals surface area contributed by atoms with Gasteiger partial charge in [0.15, 0.2) is 11.8 Å². The molecule has 26 heavy (non-hydrogen) atoms. The predicted octanol–water partition coefficient (Wildman–Crippen LogP) is 0.600. The molecule has 0 bridgehead atoms. The van der Waals surface area contributed by atoms with Crippen LogP contribution in [0.3, 0.4) is 0 Å². The number of carbonyl (C=O) groups excluding carboxylic acids is 2. The van der Waals surface area contributed by atoms with Crippen molar-refractivity contribution < 1.29 is 14.5 Å². The standard InChI is InChI=1S/C19H25N5O2/c1-12-16(15(4)25)13(2)22-17(12)18(26)14(3)23-8-10-24(11-9-23)19-20-6-5-7-21-19/h5-7,14,22H,8-11H2,1-4H3/p+1/t14-/m1/s1. The molecule has 1 saturated heterocycles. The van der Waals surface area contributed by atoms with Gasteiger partial charge in [0.1, 0.15) is 0 Å². The zero-order chi connectivity index (χ0) is 18.8. The number of aromatic amines is 1. The number of nitrogens with zero attached hydrogens (tertiary/aromatic N) is 3. The lowest BCUT2D eigenvalue weighted by Crippen LogP contribution is -3.18. The lowest BCUT2D eigenvalue weighted by atomic mass is 10.0. The maximum absolute atomic E-state index is 13.0. The van der Waals surface area contributed by atoms with Gasteiger partial charge in [-0.1, -0.05) is 0 Å². The van der Waals surface area contributed by atoms with Crippen molar-refractivity contribution in [1.82, 2.24) is 15.0 Å². The number of hydrogen-bond donors (Lipinski definition) is 2. The quantitative estimate of drug-likeness (QED) is 0.767. The van der Waals surface area contributed by atoms with Gasteiger partial charge in [-0.2, -0.15) is 0 Å². The molecule has 0 spiro atoms. The SMILES string of the molecule is CC(=O)c1c(C)[nH]c(C(=O)[C@@H](C)[NH+]2CCN(c3ncccn3)CC2)c1C. The molecule has 0 aliphatic carbocycles. The summed E-state index contributed by atoms with van der Waals surface area (Å²) in [6, 6.07) is 1.65. The summed E-state index contributed by atoms with van der Waals surface area (Å²) in [5.74, 6) is 0.803. The number of carbonyl (C=O) groups is 2. The second-order valence-corrected chi connectivity index (χ2v) is 6.96. The number of nitrogens with one attached hydrogen (secondary N) is 2. The minimum Gasteiger partial charge on any atom is -0.355 e. The summed E-state index contributed by atoms with van der Waals surface area (Å²) in [7, 11) is 0. The Bertz CT molecular complexity index is 807. The Balaban J connectivity index is 1.69. The van der Waals surface area contributed by atoms with E-state index in [1.54, 1.807) is 12.4 Å². The number of H-pyrrole nitrogens is 1. The molecular weight excluding hydrogens is 330 g/mol. The zero-order valence-corrected chi connectivity index (χ0v) is 15.8. The number of hydrogen-bond acceptors (Lipinski definition) is 5. The van der Waals surface area contributed by atoms with E-state index in [1.807, 2.05) is 26.8 Å². The molecule has 0 radical (unpaired) electrons. The molecule has 0 aromatic carbocycles. The maximum Gasteiger partial charge on any atom is 0.235 e. The smallest absolute Gasteiger partial charge is 0.235 e. The van der Waals surface area contributed by atoms with Crippen molar-refractivity contribution in [3.63, 3.8) is 0 Å². The highest BCUT2D eigenvalue weighted by Gasteiger charge is 2.32. The summed E-state index contributed by atoms with van der Waals surface area (Å²) < 4.78 is 0. The van der Waals surface area contributed by atoms with Gasteiger partial charge >= 0.3 is 0 Å². The van der Waals surface area contributed by atoms with Crippen LogP contribution >= 0.6 is 0 Å². The highest BCUT2D eigenvalue weighted by molar-refractivity contribution is 6.04. The van der Waals surface area contributed by atoms with E-state index in [2.05, 4.69) is 19.9 Å². The Morgan fingerprint density at radius 2 is 1.81 bits per heavy atom. The van der Waals surface area contributed by atoms with Crippen molar-refractivity contribution in [3.05, 3.63) is 41.0 Å². The number of piperazine rings is 1. The molecule has 0 amide bonds. The third-order valence-corrected chi connectivity index (χ3v) is 5.28. The van der Waals surface area contributed by atoms with Gasteiger partial charge in [-0.15, -0.1) is 0 Å². The van der Waals surface area contributed by atoms with Crippen LogP contribution < -0.4 is 9.80 Å². The number of rotatable bonds is 5. The largest absolute Gasteiger partial charge is 0.355 e. The number of quaternary nitrogens is 1. The van der Waals surface area contributed by atoms with E-state index in [4.69, 9.17) is 0 Å². The van der Waals surface area contributed by atoms with Crippen LogP contribution in [-0.4, -0.2) is 58.7 Å². The lowest BCUT2D eigenvalue weighted by molar-refractivity contribution is -0.914. The molecular formula is C19H26N5O2+. The third-order valence-electron chi connectivity index (χ3n) is 5.28. The maximum atomic E-state index is 13.0. The van der Waals surface area contributed by atoms with Crippen LogP contribution in [0.2, 0.25) is 0 Å². The highest BCUT2D eigenvalue weighted by Crippen LogP contribution is 2.19. The summed E-state index contributed by atoms with van der Waals surface area (Å²) in [5.41, 5.74) is 2.75. The van der Waals surface area contributed by atoms with Crippen molar-refractivity contribution in [2.75, 3.05) is 31.1 Å². The van der Waals surface area contributed by atoms with E-state index in [-0.39, 0.29) is 17.6 Å². The number of anilines is 1. The first-order valence-corrected chi connectivity index (χ1v) is 9.01. The van der Waals surface area contributed by atoms with Crippen molar-refractivity contribution in [3.8, 4) is 0 Å². The monoisotopic (exact) mass is 356 g/mol. The zero-order valence-electron chi connectivity index (χ0n) is 15.8. The topological polar surface area (TPSA) is 83.4 Å². The van der Waals surface area contributed by atoms with E-state index in [0.29, 0.717) is 11.3 Å². The van der Waals surface area contributed by atoms with Crippen molar-refractivity contribution in [2.45, 2.75) is 33.7 Å². The fourth-order valence-electron chi connectivity index (χ4n) is 3.81.